The monoisotopic (exact) mass is 290 g/mol. The van der Waals surface area contributed by atoms with Crippen LogP contribution in [0.3, 0.4) is 0 Å². The van der Waals surface area contributed by atoms with Crippen LogP contribution >= 0.6 is 0 Å². The van der Waals surface area contributed by atoms with Crippen molar-refractivity contribution in [2.75, 3.05) is 0 Å². The number of benzene rings is 1. The third-order valence-corrected chi connectivity index (χ3v) is 5.00. The van der Waals surface area contributed by atoms with Gasteiger partial charge in [-0.05, 0) is 62.1 Å². The Morgan fingerprint density at radius 2 is 1.76 bits per heavy atom. The van der Waals surface area contributed by atoms with E-state index >= 15 is 0 Å². The summed E-state index contributed by atoms with van der Waals surface area (Å²) in [6.07, 6.45) is 7.23. The van der Waals surface area contributed by atoms with Crippen LogP contribution in [0.5, 0.6) is 0 Å². The zero-order valence-corrected chi connectivity index (χ0v) is 13.3. The zero-order valence-electron chi connectivity index (χ0n) is 13.3. The first kappa shape index (κ1) is 16.2. The third kappa shape index (κ3) is 4.15. The van der Waals surface area contributed by atoms with Crippen molar-refractivity contribution < 1.29 is 9.18 Å². The van der Waals surface area contributed by atoms with Gasteiger partial charge in [-0.1, -0.05) is 32.4 Å². The van der Waals surface area contributed by atoms with E-state index in [-0.39, 0.29) is 17.7 Å². The quantitative estimate of drug-likeness (QED) is 0.676. The fourth-order valence-corrected chi connectivity index (χ4v) is 3.68. The topological polar surface area (TPSA) is 17.1 Å². The summed E-state index contributed by atoms with van der Waals surface area (Å²) in [5.74, 6) is 1.35. The number of halogens is 1. The van der Waals surface area contributed by atoms with Crippen molar-refractivity contribution in [1.82, 2.24) is 0 Å². The van der Waals surface area contributed by atoms with Crippen molar-refractivity contribution in [2.24, 2.45) is 11.8 Å². The van der Waals surface area contributed by atoms with Gasteiger partial charge in [-0.15, -0.1) is 0 Å². The van der Waals surface area contributed by atoms with Gasteiger partial charge in [0.2, 0.25) is 0 Å². The Kier molecular flexibility index (Phi) is 5.96. The second-order valence-electron chi connectivity index (χ2n) is 6.40. The van der Waals surface area contributed by atoms with Crippen molar-refractivity contribution in [1.29, 1.82) is 0 Å². The average molecular weight is 290 g/mol. The Hall–Kier alpha value is -1.18. The highest BCUT2D eigenvalue weighted by molar-refractivity contribution is 5.83. The predicted octanol–water partition coefficient (Wildman–Crippen LogP) is 5.49. The van der Waals surface area contributed by atoms with Gasteiger partial charge in [-0.2, -0.15) is 0 Å². The summed E-state index contributed by atoms with van der Waals surface area (Å²) in [4.78, 5) is 12.6. The lowest BCUT2D eigenvalue weighted by Crippen LogP contribution is -2.27. The van der Waals surface area contributed by atoms with Crippen LogP contribution < -0.4 is 0 Å². The van der Waals surface area contributed by atoms with Crippen LogP contribution in [-0.4, -0.2) is 5.78 Å². The maximum absolute atomic E-state index is 13.0. The Bertz CT molecular complexity index is 443. The SMILES string of the molecule is CCCC(CC)C(=O)C1CCC(c2ccc(F)cc2)CC1. The molecule has 1 aromatic rings. The third-order valence-electron chi connectivity index (χ3n) is 5.00. The number of hydrogen-bond donors (Lipinski definition) is 0. The Labute approximate surface area is 127 Å². The molecule has 1 nitrogen and oxygen atoms in total. The van der Waals surface area contributed by atoms with Crippen LogP contribution in [0.2, 0.25) is 0 Å². The average Bonchev–Trinajstić information content (AvgIpc) is 2.53. The molecule has 21 heavy (non-hydrogen) atoms. The lowest BCUT2D eigenvalue weighted by molar-refractivity contribution is -0.128. The molecule has 1 aliphatic carbocycles. The first-order valence-electron chi connectivity index (χ1n) is 8.44. The van der Waals surface area contributed by atoms with Gasteiger partial charge < -0.3 is 0 Å². The molecule has 1 unspecified atom stereocenters. The molecule has 1 aromatic carbocycles. The van der Waals surface area contributed by atoms with Crippen molar-refractivity contribution in [2.45, 2.75) is 64.7 Å². The lowest BCUT2D eigenvalue weighted by Gasteiger charge is -2.30. The van der Waals surface area contributed by atoms with E-state index < -0.39 is 0 Å². The van der Waals surface area contributed by atoms with Crippen molar-refractivity contribution >= 4 is 5.78 Å². The molecule has 0 amide bonds. The maximum atomic E-state index is 13.0. The van der Waals surface area contributed by atoms with Crippen LogP contribution in [0, 0.1) is 17.7 Å². The number of rotatable bonds is 6. The summed E-state index contributed by atoms with van der Waals surface area (Å²) < 4.78 is 13.0. The second-order valence-corrected chi connectivity index (χ2v) is 6.40. The molecule has 1 saturated carbocycles. The molecular formula is C19H27FO. The van der Waals surface area contributed by atoms with Crippen LogP contribution in [0.25, 0.3) is 0 Å². The second kappa shape index (κ2) is 7.72. The van der Waals surface area contributed by atoms with E-state index in [2.05, 4.69) is 13.8 Å². The number of ketones is 1. The van der Waals surface area contributed by atoms with E-state index in [4.69, 9.17) is 0 Å². The number of Topliss-reactive ketones (excluding diaryl/α,β-unsaturated/α-hetero) is 1. The minimum absolute atomic E-state index is 0.173. The molecule has 1 fully saturated rings. The summed E-state index contributed by atoms with van der Waals surface area (Å²) in [5.41, 5.74) is 1.22. The first-order chi connectivity index (χ1) is 10.2. The molecule has 2 rings (SSSR count). The van der Waals surface area contributed by atoms with Gasteiger partial charge in [0.25, 0.3) is 0 Å². The summed E-state index contributed by atoms with van der Waals surface area (Å²) in [6.45, 7) is 4.28. The fraction of sp³-hybridized carbons (Fsp3) is 0.632. The van der Waals surface area contributed by atoms with Crippen molar-refractivity contribution in [3.05, 3.63) is 35.6 Å². The molecule has 0 bridgehead atoms. The summed E-state index contributed by atoms with van der Waals surface area (Å²) in [5, 5.41) is 0. The normalized spacial score (nSPS) is 23.8. The highest BCUT2D eigenvalue weighted by Crippen LogP contribution is 2.37. The molecule has 0 radical (unpaired) electrons. The molecule has 1 atom stereocenters. The van der Waals surface area contributed by atoms with E-state index in [1.807, 2.05) is 12.1 Å². The van der Waals surface area contributed by atoms with Crippen LogP contribution in [0.1, 0.15) is 70.3 Å². The molecule has 116 valence electrons. The van der Waals surface area contributed by atoms with Crippen LogP contribution in [0.4, 0.5) is 4.39 Å². The Morgan fingerprint density at radius 3 is 2.29 bits per heavy atom. The van der Waals surface area contributed by atoms with E-state index in [9.17, 15) is 9.18 Å². The van der Waals surface area contributed by atoms with Gasteiger partial charge in [0, 0.05) is 11.8 Å². The van der Waals surface area contributed by atoms with Gasteiger partial charge in [-0.25, -0.2) is 4.39 Å². The fourth-order valence-electron chi connectivity index (χ4n) is 3.68. The molecule has 1 aliphatic rings. The van der Waals surface area contributed by atoms with Gasteiger partial charge in [-0.3, -0.25) is 4.79 Å². The molecule has 0 aromatic heterocycles. The highest BCUT2D eigenvalue weighted by atomic mass is 19.1. The minimum atomic E-state index is -0.173. The number of carbonyl (C=O) groups excluding carboxylic acids is 1. The van der Waals surface area contributed by atoms with Gasteiger partial charge in [0.05, 0.1) is 0 Å². The van der Waals surface area contributed by atoms with Gasteiger partial charge >= 0.3 is 0 Å². The van der Waals surface area contributed by atoms with Crippen LogP contribution in [-0.2, 0) is 4.79 Å². The molecule has 0 spiro atoms. The molecule has 0 heterocycles. The largest absolute Gasteiger partial charge is 0.299 e. The smallest absolute Gasteiger partial charge is 0.139 e. The summed E-state index contributed by atoms with van der Waals surface area (Å²) in [7, 11) is 0. The molecular weight excluding hydrogens is 263 g/mol. The summed E-state index contributed by atoms with van der Waals surface area (Å²) >= 11 is 0. The Morgan fingerprint density at radius 1 is 1.14 bits per heavy atom. The van der Waals surface area contributed by atoms with E-state index in [0.29, 0.717) is 11.7 Å². The van der Waals surface area contributed by atoms with Gasteiger partial charge in [0.1, 0.15) is 11.6 Å². The maximum Gasteiger partial charge on any atom is 0.139 e. The molecule has 0 aliphatic heterocycles. The number of hydrogen-bond acceptors (Lipinski definition) is 1. The highest BCUT2D eigenvalue weighted by Gasteiger charge is 2.30. The van der Waals surface area contributed by atoms with Crippen molar-refractivity contribution in [3.63, 3.8) is 0 Å². The lowest BCUT2D eigenvalue weighted by atomic mass is 9.74. The first-order valence-corrected chi connectivity index (χ1v) is 8.44. The molecule has 2 heteroatoms. The van der Waals surface area contributed by atoms with E-state index in [1.165, 1.54) is 5.56 Å². The van der Waals surface area contributed by atoms with E-state index in [0.717, 1.165) is 44.9 Å². The predicted molar refractivity (Wildman–Crippen MR) is 84.8 cm³/mol. The number of carbonyl (C=O) groups is 1. The zero-order chi connectivity index (χ0) is 15.2. The standard InChI is InChI=1S/C19H27FO/c1-3-5-14(4-2)19(21)17-8-6-15(7-9-17)16-10-12-18(20)13-11-16/h10-15,17H,3-9H2,1-2H3. The summed E-state index contributed by atoms with van der Waals surface area (Å²) in [6, 6.07) is 6.88. The minimum Gasteiger partial charge on any atom is -0.299 e. The Balaban J connectivity index is 1.90. The van der Waals surface area contributed by atoms with E-state index in [1.54, 1.807) is 12.1 Å². The van der Waals surface area contributed by atoms with Crippen LogP contribution in [0.15, 0.2) is 24.3 Å². The van der Waals surface area contributed by atoms with Gasteiger partial charge in [0.15, 0.2) is 0 Å². The molecule has 0 N–H and O–H groups in total. The molecule has 0 saturated heterocycles. The van der Waals surface area contributed by atoms with Crippen molar-refractivity contribution in [3.8, 4) is 0 Å².